The minimum absolute atomic E-state index is 0.150. The number of nitrogens with one attached hydrogen (secondary N) is 1. The minimum atomic E-state index is -0.546. The van der Waals surface area contributed by atoms with Crippen molar-refractivity contribution in [1.29, 1.82) is 0 Å². The highest BCUT2D eigenvalue weighted by molar-refractivity contribution is 5.33. The van der Waals surface area contributed by atoms with Crippen molar-refractivity contribution in [3.8, 4) is 0 Å². The molecule has 1 heterocycles. The van der Waals surface area contributed by atoms with Crippen LogP contribution in [-0.4, -0.2) is 10.1 Å². The van der Waals surface area contributed by atoms with Crippen molar-refractivity contribution in [2.75, 3.05) is 0 Å². The van der Waals surface area contributed by atoms with Crippen LogP contribution >= 0.6 is 0 Å². The second-order valence-corrected chi connectivity index (χ2v) is 5.42. The second kappa shape index (κ2) is 4.38. The number of hydrogen-bond donors (Lipinski definition) is 2. The maximum Gasteiger partial charge on any atom is 0.105 e. The van der Waals surface area contributed by atoms with Gasteiger partial charge in [0, 0.05) is 18.0 Å². The first-order valence-electron chi connectivity index (χ1n) is 5.89. The van der Waals surface area contributed by atoms with Gasteiger partial charge in [-0.05, 0) is 22.6 Å². The number of H-pyrrole nitrogens is 1. The van der Waals surface area contributed by atoms with Crippen LogP contribution in [0.2, 0.25) is 0 Å². The molecule has 0 aliphatic rings. The van der Waals surface area contributed by atoms with Crippen molar-refractivity contribution in [3.63, 3.8) is 0 Å². The Labute approximate surface area is 102 Å². The summed E-state index contributed by atoms with van der Waals surface area (Å²) in [6.45, 7) is 6.56. The van der Waals surface area contributed by atoms with Gasteiger partial charge in [0.15, 0.2) is 0 Å². The molecular weight excluding hydrogens is 210 g/mol. The average Bonchev–Trinajstić information content (AvgIpc) is 2.80. The number of rotatable bonds is 2. The van der Waals surface area contributed by atoms with E-state index in [0.29, 0.717) is 0 Å². The van der Waals surface area contributed by atoms with Gasteiger partial charge in [0.2, 0.25) is 0 Å². The lowest BCUT2D eigenvalue weighted by molar-refractivity contribution is 0.220. The predicted octanol–water partition coefficient (Wildman–Crippen LogP) is 3.39. The average molecular weight is 229 g/mol. The fourth-order valence-electron chi connectivity index (χ4n) is 1.86. The van der Waals surface area contributed by atoms with Gasteiger partial charge in [-0.1, -0.05) is 45.0 Å². The lowest BCUT2D eigenvalue weighted by atomic mass is 9.86. The predicted molar refractivity (Wildman–Crippen MR) is 70.0 cm³/mol. The Morgan fingerprint density at radius 2 is 1.65 bits per heavy atom. The fourth-order valence-corrected chi connectivity index (χ4v) is 1.86. The smallest absolute Gasteiger partial charge is 0.105 e. The third kappa shape index (κ3) is 2.59. The first-order valence-corrected chi connectivity index (χ1v) is 5.89. The molecule has 17 heavy (non-hydrogen) atoms. The topological polar surface area (TPSA) is 36.0 Å². The highest BCUT2D eigenvalue weighted by atomic mass is 16.3. The molecule has 0 saturated carbocycles. The first kappa shape index (κ1) is 11.9. The van der Waals surface area contributed by atoms with Gasteiger partial charge in [0.25, 0.3) is 0 Å². The van der Waals surface area contributed by atoms with Crippen LogP contribution in [0.15, 0.2) is 42.7 Å². The van der Waals surface area contributed by atoms with Crippen LogP contribution in [0.4, 0.5) is 0 Å². The molecule has 0 aliphatic heterocycles. The van der Waals surface area contributed by atoms with E-state index >= 15 is 0 Å². The summed E-state index contributed by atoms with van der Waals surface area (Å²) >= 11 is 0. The van der Waals surface area contributed by atoms with Crippen LogP contribution in [-0.2, 0) is 5.41 Å². The van der Waals surface area contributed by atoms with Gasteiger partial charge in [0.1, 0.15) is 6.10 Å². The largest absolute Gasteiger partial charge is 0.384 e. The zero-order chi connectivity index (χ0) is 12.5. The van der Waals surface area contributed by atoms with Crippen molar-refractivity contribution in [1.82, 2.24) is 4.98 Å². The molecule has 90 valence electrons. The van der Waals surface area contributed by atoms with Crippen molar-refractivity contribution < 1.29 is 5.11 Å². The van der Waals surface area contributed by atoms with Gasteiger partial charge in [-0.25, -0.2) is 0 Å². The summed E-state index contributed by atoms with van der Waals surface area (Å²) in [5.74, 6) is 0. The second-order valence-electron chi connectivity index (χ2n) is 5.42. The number of benzene rings is 1. The molecule has 1 unspecified atom stereocenters. The van der Waals surface area contributed by atoms with E-state index in [2.05, 4.69) is 37.9 Å². The number of aromatic amines is 1. The highest BCUT2D eigenvalue weighted by Crippen LogP contribution is 2.26. The van der Waals surface area contributed by atoms with Gasteiger partial charge in [-0.3, -0.25) is 0 Å². The maximum absolute atomic E-state index is 10.2. The molecule has 0 spiro atoms. The summed E-state index contributed by atoms with van der Waals surface area (Å²) in [5, 5.41) is 10.2. The SMILES string of the molecule is CC(C)(C)c1ccc(C(O)c2cc[nH]c2)cc1. The third-order valence-corrected chi connectivity index (χ3v) is 3.03. The van der Waals surface area contributed by atoms with E-state index in [1.807, 2.05) is 30.6 Å². The van der Waals surface area contributed by atoms with Gasteiger partial charge in [-0.2, -0.15) is 0 Å². The first-order chi connectivity index (χ1) is 7.98. The molecule has 0 amide bonds. The Balaban J connectivity index is 2.24. The molecule has 1 aromatic heterocycles. The van der Waals surface area contributed by atoms with E-state index in [9.17, 15) is 5.11 Å². The molecule has 2 heteroatoms. The van der Waals surface area contributed by atoms with Crippen molar-refractivity contribution in [2.45, 2.75) is 32.3 Å². The molecule has 0 radical (unpaired) electrons. The molecule has 1 aromatic carbocycles. The molecule has 2 aromatic rings. The van der Waals surface area contributed by atoms with Gasteiger partial charge < -0.3 is 10.1 Å². The summed E-state index contributed by atoms with van der Waals surface area (Å²) in [4.78, 5) is 2.96. The van der Waals surface area contributed by atoms with E-state index in [0.717, 1.165) is 11.1 Å². The lowest BCUT2D eigenvalue weighted by Crippen LogP contribution is -2.11. The minimum Gasteiger partial charge on any atom is -0.384 e. The van der Waals surface area contributed by atoms with Crippen molar-refractivity contribution in [2.24, 2.45) is 0 Å². The van der Waals surface area contributed by atoms with Crippen LogP contribution in [0.3, 0.4) is 0 Å². The van der Waals surface area contributed by atoms with E-state index < -0.39 is 6.10 Å². The third-order valence-electron chi connectivity index (χ3n) is 3.03. The molecule has 2 rings (SSSR count). The molecular formula is C15H19NO. The van der Waals surface area contributed by atoms with Crippen LogP contribution < -0.4 is 0 Å². The van der Waals surface area contributed by atoms with Crippen LogP contribution in [0.5, 0.6) is 0 Å². The van der Waals surface area contributed by atoms with Gasteiger partial charge in [-0.15, -0.1) is 0 Å². The molecule has 2 N–H and O–H groups in total. The van der Waals surface area contributed by atoms with E-state index in [1.54, 1.807) is 0 Å². The molecule has 0 bridgehead atoms. The van der Waals surface area contributed by atoms with Crippen LogP contribution in [0, 0.1) is 0 Å². The number of aliphatic hydroxyl groups excluding tert-OH is 1. The van der Waals surface area contributed by atoms with Crippen LogP contribution in [0.1, 0.15) is 43.6 Å². The zero-order valence-electron chi connectivity index (χ0n) is 10.6. The molecule has 0 aliphatic carbocycles. The van der Waals surface area contributed by atoms with Gasteiger partial charge >= 0.3 is 0 Å². The summed E-state index contributed by atoms with van der Waals surface area (Å²) < 4.78 is 0. The number of aromatic nitrogens is 1. The monoisotopic (exact) mass is 229 g/mol. The highest BCUT2D eigenvalue weighted by Gasteiger charge is 2.15. The Hall–Kier alpha value is -1.54. The summed E-state index contributed by atoms with van der Waals surface area (Å²) in [5.41, 5.74) is 3.26. The standard InChI is InChI=1S/C15H19NO/c1-15(2,3)13-6-4-11(5-7-13)14(17)12-8-9-16-10-12/h4-10,14,16-17H,1-3H3. The quantitative estimate of drug-likeness (QED) is 0.813. The molecule has 2 nitrogen and oxygen atoms in total. The number of hydrogen-bond acceptors (Lipinski definition) is 1. The Bertz CT molecular complexity index is 463. The van der Waals surface area contributed by atoms with Crippen LogP contribution in [0.25, 0.3) is 0 Å². The number of aliphatic hydroxyl groups is 1. The van der Waals surface area contributed by atoms with Gasteiger partial charge in [0.05, 0.1) is 0 Å². The molecule has 0 fully saturated rings. The van der Waals surface area contributed by atoms with E-state index in [4.69, 9.17) is 0 Å². The normalized spacial score (nSPS) is 13.6. The van der Waals surface area contributed by atoms with Crippen molar-refractivity contribution in [3.05, 3.63) is 59.4 Å². The Morgan fingerprint density at radius 3 is 2.12 bits per heavy atom. The Kier molecular flexibility index (Phi) is 3.07. The van der Waals surface area contributed by atoms with E-state index in [-0.39, 0.29) is 5.41 Å². The Morgan fingerprint density at radius 1 is 1.00 bits per heavy atom. The fraction of sp³-hybridized carbons (Fsp3) is 0.333. The summed E-state index contributed by atoms with van der Waals surface area (Å²) in [6, 6.07) is 10.1. The maximum atomic E-state index is 10.2. The van der Waals surface area contributed by atoms with Crippen molar-refractivity contribution >= 4 is 0 Å². The summed E-state index contributed by atoms with van der Waals surface area (Å²) in [6.07, 6.45) is 3.10. The lowest BCUT2D eigenvalue weighted by Gasteiger charge is -2.20. The molecule has 1 atom stereocenters. The zero-order valence-corrected chi connectivity index (χ0v) is 10.6. The molecule has 0 saturated heterocycles. The summed E-state index contributed by atoms with van der Waals surface area (Å²) in [7, 11) is 0. The van der Waals surface area contributed by atoms with E-state index in [1.165, 1.54) is 5.56 Å².